The van der Waals surface area contributed by atoms with Gasteiger partial charge in [0.25, 0.3) is 5.91 Å². The number of esters is 1. The fourth-order valence-electron chi connectivity index (χ4n) is 2.93. The van der Waals surface area contributed by atoms with Gasteiger partial charge in [0, 0.05) is 13.5 Å². The molecule has 2 aliphatic rings. The Morgan fingerprint density at radius 1 is 1.43 bits per heavy atom. The van der Waals surface area contributed by atoms with Gasteiger partial charge >= 0.3 is 5.97 Å². The molecule has 5 heteroatoms. The van der Waals surface area contributed by atoms with Gasteiger partial charge in [-0.25, -0.2) is 4.79 Å². The van der Waals surface area contributed by atoms with Gasteiger partial charge in [0.15, 0.2) is 6.10 Å². The number of fused-ring (bicyclic) bond motifs is 1. The maximum Gasteiger partial charge on any atom is 0.339 e. The highest BCUT2D eigenvalue weighted by Gasteiger charge is 2.46. The average molecular weight is 284 g/mol. The third-order valence-electron chi connectivity index (χ3n) is 4.53. The second kappa shape index (κ2) is 4.88. The van der Waals surface area contributed by atoms with E-state index in [0.717, 1.165) is 12.0 Å². The molecule has 0 N–H and O–H groups in total. The maximum absolute atomic E-state index is 12.5. The number of ether oxygens (including phenoxy) is 1. The summed E-state index contributed by atoms with van der Waals surface area (Å²) in [6, 6.07) is 9.37. The topological polar surface area (TPSA) is 70.4 Å². The summed E-state index contributed by atoms with van der Waals surface area (Å²) in [7, 11) is 1.62. The number of cyclic esters (lactones) is 1. The Morgan fingerprint density at radius 3 is 2.76 bits per heavy atom. The van der Waals surface area contributed by atoms with Gasteiger partial charge in [0.05, 0.1) is 11.6 Å². The van der Waals surface area contributed by atoms with Crippen LogP contribution in [0.25, 0.3) is 0 Å². The summed E-state index contributed by atoms with van der Waals surface area (Å²) in [5, 5.41) is 9.31. The molecule has 1 atom stereocenters. The summed E-state index contributed by atoms with van der Waals surface area (Å²) >= 11 is 0. The van der Waals surface area contributed by atoms with Gasteiger partial charge in [0.2, 0.25) is 0 Å². The largest absolute Gasteiger partial charge is 0.448 e. The third-order valence-corrected chi connectivity index (χ3v) is 4.53. The lowest BCUT2D eigenvalue weighted by Gasteiger charge is -2.44. The van der Waals surface area contributed by atoms with Crippen molar-refractivity contribution in [2.24, 2.45) is 0 Å². The molecule has 1 heterocycles. The van der Waals surface area contributed by atoms with Crippen LogP contribution in [-0.2, 0) is 16.0 Å². The summed E-state index contributed by atoms with van der Waals surface area (Å²) in [6.07, 6.45) is 1.85. The summed E-state index contributed by atoms with van der Waals surface area (Å²) in [5.74, 6) is -0.762. The van der Waals surface area contributed by atoms with E-state index in [4.69, 9.17) is 4.74 Å². The predicted octanol–water partition coefficient (Wildman–Crippen LogP) is 1.67. The molecule has 0 spiro atoms. The molecule has 108 valence electrons. The minimum Gasteiger partial charge on any atom is -0.448 e. The highest BCUT2D eigenvalue weighted by molar-refractivity contribution is 5.96. The summed E-state index contributed by atoms with van der Waals surface area (Å²) in [5.41, 5.74) is 0.614. The van der Waals surface area contributed by atoms with Crippen molar-refractivity contribution >= 4 is 11.9 Å². The number of rotatable bonds is 2. The number of benzene rings is 1. The van der Waals surface area contributed by atoms with Crippen LogP contribution >= 0.6 is 0 Å². The zero-order valence-corrected chi connectivity index (χ0v) is 11.8. The molecule has 0 aromatic heterocycles. The minimum absolute atomic E-state index is 0.292. The van der Waals surface area contributed by atoms with Gasteiger partial charge in [0.1, 0.15) is 5.54 Å². The molecule has 1 aliphatic carbocycles. The fraction of sp³-hybridized carbons (Fsp3) is 0.438. The molecule has 1 unspecified atom stereocenters. The summed E-state index contributed by atoms with van der Waals surface area (Å²) < 4.78 is 5.26. The quantitative estimate of drug-likeness (QED) is 0.775. The number of nitrogens with zero attached hydrogens (tertiary/aromatic N) is 2. The molecule has 5 nitrogen and oxygen atoms in total. The molecule has 1 aromatic carbocycles. The van der Waals surface area contributed by atoms with E-state index >= 15 is 0 Å². The number of hydrogen-bond donors (Lipinski definition) is 0. The molecule has 21 heavy (non-hydrogen) atoms. The van der Waals surface area contributed by atoms with E-state index in [1.165, 1.54) is 4.90 Å². The van der Waals surface area contributed by atoms with E-state index in [2.05, 4.69) is 6.07 Å². The summed E-state index contributed by atoms with van der Waals surface area (Å²) in [4.78, 5) is 26.0. The van der Waals surface area contributed by atoms with Gasteiger partial charge in [-0.3, -0.25) is 4.79 Å². The Bertz CT molecular complexity index is 643. The summed E-state index contributed by atoms with van der Waals surface area (Å²) in [6.45, 7) is 0. The van der Waals surface area contributed by atoms with Gasteiger partial charge in [-0.05, 0) is 30.9 Å². The molecule has 1 aromatic rings. The van der Waals surface area contributed by atoms with Crippen LogP contribution in [0.4, 0.5) is 0 Å². The third kappa shape index (κ3) is 2.07. The van der Waals surface area contributed by atoms with Crippen molar-refractivity contribution in [2.45, 2.75) is 37.3 Å². The predicted molar refractivity (Wildman–Crippen MR) is 74.3 cm³/mol. The van der Waals surface area contributed by atoms with E-state index in [9.17, 15) is 14.9 Å². The van der Waals surface area contributed by atoms with E-state index in [1.807, 2.05) is 12.1 Å². The highest BCUT2D eigenvalue weighted by atomic mass is 16.5. The standard InChI is InChI=1S/C16H16N2O3/c1-18(16(10-17)7-4-8-16)14(19)13-9-11-5-2-3-6-12(11)15(20)21-13/h2-3,5-6,13H,4,7-9H2,1H3. The van der Waals surface area contributed by atoms with Crippen LogP contribution in [0.3, 0.4) is 0 Å². The molecule has 0 radical (unpaired) electrons. The Labute approximate surface area is 123 Å². The monoisotopic (exact) mass is 284 g/mol. The van der Waals surface area contributed by atoms with E-state index < -0.39 is 17.6 Å². The van der Waals surface area contributed by atoms with Crippen LogP contribution in [0, 0.1) is 11.3 Å². The van der Waals surface area contributed by atoms with Crippen LogP contribution in [-0.4, -0.2) is 35.5 Å². The number of amides is 1. The molecule has 0 saturated heterocycles. The Hall–Kier alpha value is -2.35. The minimum atomic E-state index is -0.830. The fourth-order valence-corrected chi connectivity index (χ4v) is 2.93. The van der Waals surface area contributed by atoms with Gasteiger partial charge in [-0.1, -0.05) is 18.2 Å². The number of carbonyl (C=O) groups is 2. The molecule has 1 amide bonds. The Balaban J connectivity index is 1.81. The zero-order chi connectivity index (χ0) is 15.0. The number of carbonyl (C=O) groups excluding carboxylic acids is 2. The number of nitriles is 1. The first-order valence-corrected chi connectivity index (χ1v) is 7.05. The molecule has 0 bridgehead atoms. The van der Waals surface area contributed by atoms with Crippen molar-refractivity contribution in [3.8, 4) is 6.07 Å². The normalized spacial score (nSPS) is 22.3. The molecule has 1 saturated carbocycles. The Morgan fingerprint density at radius 2 is 2.14 bits per heavy atom. The lowest BCUT2D eigenvalue weighted by atomic mass is 9.76. The zero-order valence-electron chi connectivity index (χ0n) is 11.8. The van der Waals surface area contributed by atoms with Crippen LogP contribution in [0.15, 0.2) is 24.3 Å². The maximum atomic E-state index is 12.5. The lowest BCUT2D eigenvalue weighted by molar-refractivity contribution is -0.146. The molecular formula is C16H16N2O3. The SMILES string of the molecule is CN(C(=O)C1Cc2ccccc2C(=O)O1)C1(C#N)CCC1. The van der Waals surface area contributed by atoms with Crippen LogP contribution in [0.2, 0.25) is 0 Å². The molecule has 1 aliphatic heterocycles. The first kappa shape index (κ1) is 13.6. The van der Waals surface area contributed by atoms with Crippen molar-refractivity contribution in [3.05, 3.63) is 35.4 Å². The lowest BCUT2D eigenvalue weighted by Crippen LogP contribution is -2.57. The average Bonchev–Trinajstić information content (AvgIpc) is 2.45. The molecule has 3 rings (SSSR count). The second-order valence-corrected chi connectivity index (χ2v) is 5.65. The van der Waals surface area contributed by atoms with Crippen molar-refractivity contribution in [2.75, 3.05) is 7.05 Å². The van der Waals surface area contributed by atoms with Crippen LogP contribution < -0.4 is 0 Å². The highest BCUT2D eigenvalue weighted by Crippen LogP contribution is 2.37. The second-order valence-electron chi connectivity index (χ2n) is 5.65. The van der Waals surface area contributed by atoms with Gasteiger partial charge in [-0.15, -0.1) is 0 Å². The van der Waals surface area contributed by atoms with Crippen LogP contribution in [0.5, 0.6) is 0 Å². The van der Waals surface area contributed by atoms with Gasteiger partial charge < -0.3 is 9.64 Å². The van der Waals surface area contributed by atoms with Gasteiger partial charge in [-0.2, -0.15) is 5.26 Å². The van der Waals surface area contributed by atoms with Crippen molar-refractivity contribution in [1.82, 2.24) is 4.90 Å². The smallest absolute Gasteiger partial charge is 0.339 e. The molecular weight excluding hydrogens is 268 g/mol. The number of likely N-dealkylation sites (N-methyl/N-ethyl adjacent to an activating group) is 1. The van der Waals surface area contributed by atoms with Crippen molar-refractivity contribution < 1.29 is 14.3 Å². The van der Waals surface area contributed by atoms with Crippen molar-refractivity contribution in [1.29, 1.82) is 5.26 Å². The van der Waals surface area contributed by atoms with E-state index in [-0.39, 0.29) is 5.91 Å². The van der Waals surface area contributed by atoms with Crippen LogP contribution in [0.1, 0.15) is 35.2 Å². The first-order chi connectivity index (χ1) is 10.1. The van der Waals surface area contributed by atoms with E-state index in [1.54, 1.807) is 19.2 Å². The van der Waals surface area contributed by atoms with Crippen molar-refractivity contribution in [3.63, 3.8) is 0 Å². The number of hydrogen-bond acceptors (Lipinski definition) is 4. The Kier molecular flexibility index (Phi) is 3.17. The van der Waals surface area contributed by atoms with E-state index in [0.29, 0.717) is 24.8 Å². The molecule has 1 fully saturated rings. The first-order valence-electron chi connectivity index (χ1n) is 7.05.